The van der Waals surface area contributed by atoms with Crippen LogP contribution >= 0.6 is 0 Å². The molecule has 0 aliphatic rings. The third-order valence-corrected chi connectivity index (χ3v) is 2.21. The molecule has 0 N–H and O–H groups in total. The lowest BCUT2D eigenvalue weighted by molar-refractivity contribution is 0.647. The van der Waals surface area contributed by atoms with E-state index in [0.717, 1.165) is 22.2 Å². The zero-order chi connectivity index (χ0) is 9.54. The van der Waals surface area contributed by atoms with Crippen molar-refractivity contribution in [2.45, 2.75) is 6.92 Å². The van der Waals surface area contributed by atoms with E-state index in [0.29, 0.717) is 5.71 Å². The maximum atomic E-state index is 5.55. The van der Waals surface area contributed by atoms with E-state index < -0.39 is 0 Å². The molecule has 3 aromatic heterocycles. The molecule has 0 fully saturated rings. The van der Waals surface area contributed by atoms with E-state index in [4.69, 9.17) is 4.42 Å². The predicted molar refractivity (Wildman–Crippen MR) is 51.8 cm³/mol. The molecule has 3 heterocycles. The van der Waals surface area contributed by atoms with E-state index in [1.165, 1.54) is 0 Å². The zero-order valence-corrected chi connectivity index (χ0v) is 7.56. The van der Waals surface area contributed by atoms with E-state index in [9.17, 15) is 0 Å². The third kappa shape index (κ3) is 0.849. The summed E-state index contributed by atoms with van der Waals surface area (Å²) in [6.07, 6.45) is 3.24. The lowest BCUT2D eigenvalue weighted by Crippen LogP contribution is -1.82. The first-order chi connectivity index (χ1) is 6.86. The van der Waals surface area contributed by atoms with Gasteiger partial charge in [-0.1, -0.05) is 0 Å². The topological polar surface area (TPSA) is 51.8 Å². The molecule has 0 atom stereocenters. The van der Waals surface area contributed by atoms with Gasteiger partial charge in [-0.3, -0.25) is 0 Å². The van der Waals surface area contributed by atoms with Gasteiger partial charge in [0.2, 0.25) is 5.71 Å². The van der Waals surface area contributed by atoms with Gasteiger partial charge < -0.3 is 4.42 Å². The smallest absolute Gasteiger partial charge is 0.229 e. The van der Waals surface area contributed by atoms with Crippen molar-refractivity contribution in [2.75, 3.05) is 0 Å². The molecule has 14 heavy (non-hydrogen) atoms. The molecule has 3 aromatic rings. The molecule has 0 spiro atoms. The van der Waals surface area contributed by atoms with Crippen LogP contribution in [0.1, 0.15) is 5.69 Å². The van der Waals surface area contributed by atoms with Crippen LogP contribution in [0.25, 0.3) is 22.2 Å². The summed E-state index contributed by atoms with van der Waals surface area (Å²) in [5, 5.41) is 0.938. The maximum Gasteiger partial charge on any atom is 0.229 e. The van der Waals surface area contributed by atoms with Crippen molar-refractivity contribution in [1.29, 1.82) is 0 Å². The van der Waals surface area contributed by atoms with Gasteiger partial charge in [0.15, 0.2) is 5.58 Å². The zero-order valence-electron chi connectivity index (χ0n) is 7.56. The van der Waals surface area contributed by atoms with E-state index >= 15 is 0 Å². The van der Waals surface area contributed by atoms with Gasteiger partial charge in [-0.25, -0.2) is 15.0 Å². The Morgan fingerprint density at radius 3 is 3.07 bits per heavy atom. The molecule has 0 bridgehead atoms. The summed E-state index contributed by atoms with van der Waals surface area (Å²) < 4.78 is 5.55. The Morgan fingerprint density at radius 2 is 2.14 bits per heavy atom. The Kier molecular flexibility index (Phi) is 1.33. The predicted octanol–water partition coefficient (Wildman–Crippen LogP) is 2.08. The first-order valence-corrected chi connectivity index (χ1v) is 4.31. The van der Waals surface area contributed by atoms with Crippen LogP contribution in [-0.2, 0) is 0 Å². The lowest BCUT2D eigenvalue weighted by Gasteiger charge is -1.89. The van der Waals surface area contributed by atoms with Gasteiger partial charge in [-0.2, -0.15) is 0 Å². The fourth-order valence-electron chi connectivity index (χ4n) is 1.52. The van der Waals surface area contributed by atoms with Crippen LogP contribution in [0.5, 0.6) is 0 Å². The summed E-state index contributed by atoms with van der Waals surface area (Å²) in [6, 6.07) is 3.81. The number of nitrogens with zero attached hydrogens (tertiary/aromatic N) is 3. The summed E-state index contributed by atoms with van der Waals surface area (Å²) in [4.78, 5) is 12.4. The first-order valence-electron chi connectivity index (χ1n) is 4.31. The SMILES string of the molecule is Cc1ncnc2c1oc1ncccc12. The molecular formula is C10H7N3O. The second kappa shape index (κ2) is 2.51. The molecule has 0 unspecified atom stereocenters. The first kappa shape index (κ1) is 7.44. The molecular weight excluding hydrogens is 178 g/mol. The van der Waals surface area contributed by atoms with Crippen molar-refractivity contribution < 1.29 is 4.42 Å². The maximum absolute atomic E-state index is 5.55. The quantitative estimate of drug-likeness (QED) is 0.538. The minimum absolute atomic E-state index is 0.617. The average molecular weight is 185 g/mol. The van der Waals surface area contributed by atoms with Gasteiger partial charge in [0.1, 0.15) is 11.8 Å². The van der Waals surface area contributed by atoms with Crippen LogP contribution in [-0.4, -0.2) is 15.0 Å². The number of hydrogen-bond acceptors (Lipinski definition) is 4. The molecule has 0 aromatic carbocycles. The van der Waals surface area contributed by atoms with E-state index in [1.54, 1.807) is 12.5 Å². The number of aromatic nitrogens is 3. The molecule has 68 valence electrons. The Labute approximate surface area is 79.6 Å². The molecule has 4 heteroatoms. The minimum atomic E-state index is 0.617. The van der Waals surface area contributed by atoms with Crippen LogP contribution in [0.4, 0.5) is 0 Å². The second-order valence-electron chi connectivity index (χ2n) is 3.09. The van der Waals surface area contributed by atoms with Crippen LogP contribution < -0.4 is 0 Å². The standard InChI is InChI=1S/C10H7N3O/c1-6-9-8(13-5-12-6)7-3-2-4-11-10(7)14-9/h2-5H,1H3. The molecule has 0 saturated heterocycles. The Hall–Kier alpha value is -1.97. The van der Waals surface area contributed by atoms with Gasteiger partial charge in [0.05, 0.1) is 11.1 Å². The van der Waals surface area contributed by atoms with Crippen LogP contribution in [0, 0.1) is 6.92 Å². The van der Waals surface area contributed by atoms with Gasteiger partial charge >= 0.3 is 0 Å². The molecule has 0 amide bonds. The summed E-state index contributed by atoms with van der Waals surface area (Å²) >= 11 is 0. The average Bonchev–Trinajstić information content (AvgIpc) is 2.59. The molecule has 4 nitrogen and oxygen atoms in total. The lowest BCUT2D eigenvalue weighted by atomic mass is 10.3. The van der Waals surface area contributed by atoms with Crippen molar-refractivity contribution in [2.24, 2.45) is 0 Å². The van der Waals surface area contributed by atoms with Crippen LogP contribution in [0.2, 0.25) is 0 Å². The second-order valence-corrected chi connectivity index (χ2v) is 3.09. The van der Waals surface area contributed by atoms with E-state index in [1.807, 2.05) is 19.1 Å². The van der Waals surface area contributed by atoms with Gasteiger partial charge in [0, 0.05) is 6.20 Å². The number of rotatable bonds is 0. The third-order valence-electron chi connectivity index (χ3n) is 2.21. The monoisotopic (exact) mass is 185 g/mol. The van der Waals surface area contributed by atoms with Crippen LogP contribution in [0.15, 0.2) is 29.1 Å². The van der Waals surface area contributed by atoms with Crippen LogP contribution in [0.3, 0.4) is 0 Å². The number of pyridine rings is 1. The molecule has 0 aliphatic carbocycles. The molecule has 3 rings (SSSR count). The number of fused-ring (bicyclic) bond motifs is 3. The summed E-state index contributed by atoms with van der Waals surface area (Å²) in [5.74, 6) is 0. The summed E-state index contributed by atoms with van der Waals surface area (Å²) in [6.45, 7) is 1.90. The summed E-state index contributed by atoms with van der Waals surface area (Å²) in [7, 11) is 0. The van der Waals surface area contributed by atoms with Crippen molar-refractivity contribution >= 4 is 22.2 Å². The summed E-state index contributed by atoms with van der Waals surface area (Å²) in [5.41, 5.74) is 3.01. The van der Waals surface area contributed by atoms with Crippen molar-refractivity contribution in [3.63, 3.8) is 0 Å². The number of hydrogen-bond donors (Lipinski definition) is 0. The Balaban J connectivity index is 2.63. The van der Waals surface area contributed by atoms with E-state index in [2.05, 4.69) is 15.0 Å². The van der Waals surface area contributed by atoms with Crippen molar-refractivity contribution in [3.05, 3.63) is 30.4 Å². The largest absolute Gasteiger partial charge is 0.434 e. The highest BCUT2D eigenvalue weighted by molar-refractivity contribution is 6.01. The minimum Gasteiger partial charge on any atom is -0.434 e. The highest BCUT2D eigenvalue weighted by atomic mass is 16.3. The highest BCUT2D eigenvalue weighted by Crippen LogP contribution is 2.25. The van der Waals surface area contributed by atoms with Crippen molar-refractivity contribution in [3.8, 4) is 0 Å². The van der Waals surface area contributed by atoms with Crippen molar-refractivity contribution in [1.82, 2.24) is 15.0 Å². The molecule has 0 saturated carbocycles. The molecule has 0 aliphatic heterocycles. The molecule has 0 radical (unpaired) electrons. The van der Waals surface area contributed by atoms with E-state index in [-0.39, 0.29) is 0 Å². The normalized spacial score (nSPS) is 11.2. The van der Waals surface area contributed by atoms with Gasteiger partial charge in [-0.05, 0) is 19.1 Å². The highest BCUT2D eigenvalue weighted by Gasteiger charge is 2.10. The Bertz CT molecular complexity index is 615. The van der Waals surface area contributed by atoms with Gasteiger partial charge in [-0.15, -0.1) is 0 Å². The fraction of sp³-hybridized carbons (Fsp3) is 0.100. The Morgan fingerprint density at radius 1 is 1.21 bits per heavy atom. The number of furan rings is 1. The number of aryl methyl sites for hydroxylation is 1. The fourth-order valence-corrected chi connectivity index (χ4v) is 1.52. The van der Waals surface area contributed by atoms with Gasteiger partial charge in [0.25, 0.3) is 0 Å².